The zero-order valence-electron chi connectivity index (χ0n) is 16.0. The summed E-state index contributed by atoms with van der Waals surface area (Å²) in [6.07, 6.45) is 1.97. The molecule has 27 heavy (non-hydrogen) atoms. The topological polar surface area (TPSA) is 34.1 Å². The summed E-state index contributed by atoms with van der Waals surface area (Å²) in [6.45, 7) is 4.44. The standard InChI is InChI=1S/C23H22N2O2/c1-22(2)18-7-5-6-8-19(18)25(3)23(22)14-24-21-17-11-10-16(26-4)13-15(17)9-12-20(21)27-23/h5-14H,1-4H3. The van der Waals surface area contributed by atoms with Crippen LogP contribution in [0.1, 0.15) is 19.4 Å². The van der Waals surface area contributed by atoms with Gasteiger partial charge in [0, 0.05) is 18.1 Å². The Morgan fingerprint density at radius 1 is 1.04 bits per heavy atom. The lowest BCUT2D eigenvalue weighted by Gasteiger charge is -2.45. The number of rotatable bonds is 1. The Labute approximate surface area is 159 Å². The predicted molar refractivity (Wildman–Crippen MR) is 110 cm³/mol. The number of methoxy groups -OCH3 is 1. The molecule has 0 fully saturated rings. The molecule has 5 rings (SSSR count). The lowest BCUT2D eigenvalue weighted by molar-refractivity contribution is 0.0826. The third-order valence-corrected chi connectivity index (χ3v) is 6.13. The Hall–Kier alpha value is -3.01. The molecule has 3 aromatic rings. The molecule has 2 aliphatic heterocycles. The van der Waals surface area contributed by atoms with Gasteiger partial charge in [-0.2, -0.15) is 0 Å². The highest BCUT2D eigenvalue weighted by molar-refractivity contribution is 6.00. The molecule has 2 aliphatic rings. The van der Waals surface area contributed by atoms with E-state index >= 15 is 0 Å². The Bertz CT molecular complexity index is 1100. The van der Waals surface area contributed by atoms with Gasteiger partial charge in [-0.05, 0) is 55.1 Å². The molecule has 2 heterocycles. The zero-order valence-corrected chi connectivity index (χ0v) is 16.0. The van der Waals surface area contributed by atoms with Crippen molar-refractivity contribution in [3.8, 4) is 11.5 Å². The Morgan fingerprint density at radius 2 is 1.85 bits per heavy atom. The second kappa shape index (κ2) is 5.26. The summed E-state index contributed by atoms with van der Waals surface area (Å²) in [5, 5.41) is 2.16. The van der Waals surface area contributed by atoms with E-state index in [2.05, 4.69) is 56.1 Å². The van der Waals surface area contributed by atoms with Crippen LogP contribution in [0.5, 0.6) is 11.5 Å². The van der Waals surface area contributed by atoms with Crippen molar-refractivity contribution in [2.75, 3.05) is 19.1 Å². The Kier molecular flexibility index (Phi) is 3.15. The van der Waals surface area contributed by atoms with Gasteiger partial charge in [0.1, 0.15) is 17.2 Å². The monoisotopic (exact) mass is 358 g/mol. The fourth-order valence-corrected chi connectivity index (χ4v) is 4.49. The number of hydrogen-bond acceptors (Lipinski definition) is 4. The summed E-state index contributed by atoms with van der Waals surface area (Å²) in [4.78, 5) is 7.11. The first-order chi connectivity index (χ1) is 13.0. The van der Waals surface area contributed by atoms with Crippen molar-refractivity contribution in [3.63, 3.8) is 0 Å². The van der Waals surface area contributed by atoms with Gasteiger partial charge in [-0.3, -0.25) is 4.99 Å². The number of nitrogens with zero attached hydrogens (tertiary/aromatic N) is 2. The molecule has 3 aromatic carbocycles. The van der Waals surface area contributed by atoms with Crippen LogP contribution in [0, 0.1) is 0 Å². The lowest BCUT2D eigenvalue weighted by Crippen LogP contribution is -2.61. The predicted octanol–water partition coefficient (Wildman–Crippen LogP) is 5.07. The number of likely N-dealkylation sites (N-methyl/N-ethyl adjacent to an activating group) is 1. The van der Waals surface area contributed by atoms with Crippen molar-refractivity contribution in [1.29, 1.82) is 0 Å². The first-order valence-electron chi connectivity index (χ1n) is 9.16. The fraction of sp³-hybridized carbons (Fsp3) is 0.261. The molecule has 4 nitrogen and oxygen atoms in total. The maximum absolute atomic E-state index is 6.70. The van der Waals surface area contributed by atoms with Gasteiger partial charge in [0.25, 0.3) is 0 Å². The molecule has 0 saturated heterocycles. The molecule has 0 N–H and O–H groups in total. The van der Waals surface area contributed by atoms with Gasteiger partial charge >= 0.3 is 0 Å². The highest BCUT2D eigenvalue weighted by atomic mass is 16.5. The second-order valence-corrected chi connectivity index (χ2v) is 7.76. The van der Waals surface area contributed by atoms with E-state index in [1.54, 1.807) is 7.11 Å². The van der Waals surface area contributed by atoms with E-state index in [0.29, 0.717) is 0 Å². The van der Waals surface area contributed by atoms with Crippen LogP contribution in [0.3, 0.4) is 0 Å². The SMILES string of the molecule is COc1ccc2c3c(ccc2c1)OC1(C=N3)N(C)c2ccccc2C1(C)C. The summed E-state index contributed by atoms with van der Waals surface area (Å²) >= 11 is 0. The lowest BCUT2D eigenvalue weighted by atomic mass is 9.77. The van der Waals surface area contributed by atoms with Gasteiger partial charge in [-0.15, -0.1) is 0 Å². The summed E-state index contributed by atoms with van der Waals surface area (Å²) in [5.41, 5.74) is 2.44. The minimum Gasteiger partial charge on any atom is -0.497 e. The molecular weight excluding hydrogens is 336 g/mol. The fourth-order valence-electron chi connectivity index (χ4n) is 4.49. The minimum atomic E-state index is -0.649. The molecule has 0 saturated carbocycles. The molecule has 0 aliphatic carbocycles. The third-order valence-electron chi connectivity index (χ3n) is 6.13. The first-order valence-corrected chi connectivity index (χ1v) is 9.16. The third kappa shape index (κ3) is 1.95. The molecule has 0 radical (unpaired) electrons. The first kappa shape index (κ1) is 16.2. The summed E-state index contributed by atoms with van der Waals surface area (Å²) in [7, 11) is 3.76. The van der Waals surface area contributed by atoms with Crippen LogP contribution in [0.4, 0.5) is 11.4 Å². The van der Waals surface area contributed by atoms with Crippen LogP contribution in [-0.4, -0.2) is 26.1 Å². The van der Waals surface area contributed by atoms with Crippen LogP contribution in [0.25, 0.3) is 10.8 Å². The smallest absolute Gasteiger partial charge is 0.228 e. The van der Waals surface area contributed by atoms with Crippen molar-refractivity contribution in [2.45, 2.75) is 25.0 Å². The number of aliphatic imine (C=N–C) groups is 1. The van der Waals surface area contributed by atoms with Crippen molar-refractivity contribution in [1.82, 2.24) is 0 Å². The van der Waals surface area contributed by atoms with E-state index in [1.165, 1.54) is 11.3 Å². The van der Waals surface area contributed by atoms with E-state index in [4.69, 9.17) is 14.5 Å². The molecule has 0 bridgehead atoms. The van der Waals surface area contributed by atoms with Gasteiger partial charge in [0.2, 0.25) is 5.72 Å². The maximum atomic E-state index is 6.70. The normalized spacial score (nSPS) is 21.9. The van der Waals surface area contributed by atoms with Crippen molar-refractivity contribution >= 4 is 28.4 Å². The van der Waals surface area contributed by atoms with Crippen LogP contribution >= 0.6 is 0 Å². The van der Waals surface area contributed by atoms with E-state index in [1.807, 2.05) is 30.5 Å². The van der Waals surface area contributed by atoms with E-state index in [9.17, 15) is 0 Å². The maximum Gasteiger partial charge on any atom is 0.228 e. The molecule has 0 amide bonds. The van der Waals surface area contributed by atoms with Crippen molar-refractivity contribution in [3.05, 3.63) is 60.2 Å². The molecular formula is C23H22N2O2. The van der Waals surface area contributed by atoms with E-state index < -0.39 is 5.72 Å². The summed E-state index contributed by atoms with van der Waals surface area (Å²) in [6, 6.07) is 18.6. The Balaban J connectivity index is 1.67. The quantitative estimate of drug-likeness (QED) is 0.609. The van der Waals surface area contributed by atoms with Crippen LogP contribution in [0.15, 0.2) is 59.6 Å². The van der Waals surface area contributed by atoms with Gasteiger partial charge in [0.15, 0.2) is 0 Å². The average molecular weight is 358 g/mol. The Morgan fingerprint density at radius 3 is 2.63 bits per heavy atom. The van der Waals surface area contributed by atoms with Gasteiger partial charge in [-0.25, -0.2) is 0 Å². The van der Waals surface area contributed by atoms with Gasteiger partial charge in [-0.1, -0.05) is 24.3 Å². The highest BCUT2D eigenvalue weighted by Crippen LogP contribution is 2.54. The number of ether oxygens (including phenoxy) is 2. The molecule has 4 heteroatoms. The van der Waals surface area contributed by atoms with Crippen LogP contribution < -0.4 is 14.4 Å². The second-order valence-electron chi connectivity index (χ2n) is 7.76. The number of anilines is 1. The van der Waals surface area contributed by atoms with Gasteiger partial charge in [0.05, 0.1) is 18.7 Å². The summed E-state index contributed by atoms with van der Waals surface area (Å²) in [5.74, 6) is 1.65. The number of para-hydroxylation sites is 1. The highest BCUT2D eigenvalue weighted by Gasteiger charge is 2.58. The van der Waals surface area contributed by atoms with E-state index in [0.717, 1.165) is 28.0 Å². The average Bonchev–Trinajstić information content (AvgIpc) is 2.86. The minimum absolute atomic E-state index is 0.242. The van der Waals surface area contributed by atoms with E-state index in [-0.39, 0.29) is 5.41 Å². The van der Waals surface area contributed by atoms with Crippen LogP contribution in [0.2, 0.25) is 0 Å². The number of benzene rings is 3. The molecule has 1 spiro atoms. The number of fused-ring (bicyclic) bond motifs is 4. The van der Waals surface area contributed by atoms with Crippen molar-refractivity contribution < 1.29 is 9.47 Å². The van der Waals surface area contributed by atoms with Crippen LogP contribution in [-0.2, 0) is 5.41 Å². The molecule has 0 aromatic heterocycles. The molecule has 136 valence electrons. The number of hydrogen-bond donors (Lipinski definition) is 0. The largest absolute Gasteiger partial charge is 0.497 e. The summed E-state index contributed by atoms with van der Waals surface area (Å²) < 4.78 is 12.0. The van der Waals surface area contributed by atoms with Gasteiger partial charge < -0.3 is 14.4 Å². The molecule has 1 unspecified atom stereocenters. The molecule has 1 atom stereocenters. The van der Waals surface area contributed by atoms with Crippen molar-refractivity contribution in [2.24, 2.45) is 4.99 Å². The zero-order chi connectivity index (χ0) is 18.8.